The highest BCUT2D eigenvalue weighted by Crippen LogP contribution is 2.33. The van der Waals surface area contributed by atoms with Crippen molar-refractivity contribution in [3.8, 4) is 0 Å². The molecule has 3 nitrogen and oxygen atoms in total. The van der Waals surface area contributed by atoms with Crippen LogP contribution in [0.2, 0.25) is 0 Å². The van der Waals surface area contributed by atoms with Crippen LogP contribution in [-0.2, 0) is 4.79 Å². The molecule has 3 heteroatoms. The van der Waals surface area contributed by atoms with Crippen LogP contribution in [0.15, 0.2) is 30.3 Å². The molecular formula is C15H22N2O. The van der Waals surface area contributed by atoms with Gasteiger partial charge in [-0.25, -0.2) is 0 Å². The third-order valence-electron chi connectivity index (χ3n) is 4.03. The van der Waals surface area contributed by atoms with Crippen LogP contribution >= 0.6 is 0 Å². The topological polar surface area (TPSA) is 46.3 Å². The molecule has 18 heavy (non-hydrogen) atoms. The van der Waals surface area contributed by atoms with Gasteiger partial charge in [-0.1, -0.05) is 31.0 Å². The van der Waals surface area contributed by atoms with E-state index in [1.165, 1.54) is 0 Å². The number of anilines is 1. The molecule has 1 aliphatic rings. The molecular weight excluding hydrogens is 224 g/mol. The Morgan fingerprint density at radius 3 is 2.61 bits per heavy atom. The predicted molar refractivity (Wildman–Crippen MR) is 74.4 cm³/mol. The van der Waals surface area contributed by atoms with Gasteiger partial charge in [-0.3, -0.25) is 4.79 Å². The Kier molecular flexibility index (Phi) is 3.71. The van der Waals surface area contributed by atoms with Gasteiger partial charge in [0.15, 0.2) is 0 Å². The number of carbonyl (C=O) groups excluding carboxylic acids is 1. The largest absolute Gasteiger partial charge is 0.325 e. The minimum atomic E-state index is -0.363. The number of nitrogens with two attached hydrogens (primary N) is 1. The van der Waals surface area contributed by atoms with Gasteiger partial charge < -0.3 is 10.6 Å². The van der Waals surface area contributed by atoms with E-state index in [9.17, 15) is 4.79 Å². The fourth-order valence-corrected chi connectivity index (χ4v) is 2.78. The minimum Gasteiger partial charge on any atom is -0.325 e. The number of hydrogen-bond acceptors (Lipinski definition) is 2. The number of hydrogen-bond donors (Lipinski definition) is 1. The van der Waals surface area contributed by atoms with Crippen LogP contribution in [0.3, 0.4) is 0 Å². The van der Waals surface area contributed by atoms with Gasteiger partial charge in [0.25, 0.3) is 0 Å². The monoisotopic (exact) mass is 246 g/mol. The first-order chi connectivity index (χ1) is 8.52. The van der Waals surface area contributed by atoms with Gasteiger partial charge in [-0.05, 0) is 31.9 Å². The Morgan fingerprint density at radius 1 is 1.33 bits per heavy atom. The molecule has 0 radical (unpaired) electrons. The van der Waals surface area contributed by atoms with Crippen LogP contribution in [0.25, 0.3) is 0 Å². The minimum absolute atomic E-state index is 0.0588. The summed E-state index contributed by atoms with van der Waals surface area (Å²) in [6.07, 6.45) is 4.08. The zero-order chi connectivity index (χ0) is 13.2. The van der Waals surface area contributed by atoms with Crippen molar-refractivity contribution in [2.45, 2.75) is 38.1 Å². The van der Waals surface area contributed by atoms with Crippen LogP contribution in [0.1, 0.15) is 32.6 Å². The Balaban J connectivity index is 2.16. The zero-order valence-corrected chi connectivity index (χ0v) is 11.2. The molecule has 1 aliphatic carbocycles. The molecule has 0 aliphatic heterocycles. The maximum Gasteiger partial charge on any atom is 0.231 e. The quantitative estimate of drug-likeness (QED) is 0.871. The first-order valence-corrected chi connectivity index (χ1v) is 6.64. The van der Waals surface area contributed by atoms with E-state index in [4.69, 9.17) is 5.73 Å². The van der Waals surface area contributed by atoms with Crippen LogP contribution in [0, 0.1) is 5.92 Å². The SMILES string of the molecule is CN(C(=O)C1CCCCC1(C)N)c1ccccc1. The van der Waals surface area contributed by atoms with Crippen molar-refractivity contribution in [2.24, 2.45) is 11.7 Å². The molecule has 98 valence electrons. The molecule has 0 saturated heterocycles. The van der Waals surface area contributed by atoms with Gasteiger partial charge in [-0.15, -0.1) is 0 Å². The van der Waals surface area contributed by atoms with E-state index in [-0.39, 0.29) is 17.4 Å². The van der Waals surface area contributed by atoms with Crippen molar-refractivity contribution in [1.82, 2.24) is 0 Å². The lowest BCUT2D eigenvalue weighted by atomic mass is 9.74. The third kappa shape index (κ3) is 2.56. The number of rotatable bonds is 2. The summed E-state index contributed by atoms with van der Waals surface area (Å²) in [4.78, 5) is 14.3. The lowest BCUT2D eigenvalue weighted by Crippen LogP contribution is -2.53. The van der Waals surface area contributed by atoms with E-state index in [1.807, 2.05) is 44.3 Å². The highest BCUT2D eigenvalue weighted by Gasteiger charge is 2.39. The zero-order valence-electron chi connectivity index (χ0n) is 11.2. The molecule has 1 amide bonds. The number of amides is 1. The summed E-state index contributed by atoms with van der Waals surface area (Å²) in [6.45, 7) is 2.01. The Hall–Kier alpha value is -1.35. The highest BCUT2D eigenvalue weighted by atomic mass is 16.2. The summed E-state index contributed by atoms with van der Waals surface area (Å²) in [5.74, 6) is 0.0855. The van der Waals surface area contributed by atoms with Gasteiger partial charge >= 0.3 is 0 Å². The average molecular weight is 246 g/mol. The van der Waals surface area contributed by atoms with Gasteiger partial charge in [-0.2, -0.15) is 0 Å². The Morgan fingerprint density at radius 2 is 2.00 bits per heavy atom. The molecule has 2 rings (SSSR count). The summed E-state index contributed by atoms with van der Waals surface area (Å²) in [7, 11) is 1.84. The first kappa shape index (κ1) is 13.1. The maximum atomic E-state index is 12.6. The van der Waals surface area contributed by atoms with E-state index >= 15 is 0 Å². The van der Waals surface area contributed by atoms with Crippen molar-refractivity contribution in [1.29, 1.82) is 0 Å². The van der Waals surface area contributed by atoms with Crippen molar-refractivity contribution >= 4 is 11.6 Å². The summed E-state index contributed by atoms with van der Waals surface area (Å²) in [5, 5.41) is 0. The van der Waals surface area contributed by atoms with Gasteiger partial charge in [0.2, 0.25) is 5.91 Å². The maximum absolute atomic E-state index is 12.6. The fraction of sp³-hybridized carbons (Fsp3) is 0.533. The van der Waals surface area contributed by atoms with Crippen molar-refractivity contribution in [2.75, 3.05) is 11.9 Å². The predicted octanol–water partition coefficient (Wildman–Crippen LogP) is 2.56. The molecule has 1 aromatic rings. The normalized spacial score (nSPS) is 27.8. The van der Waals surface area contributed by atoms with Crippen LogP contribution < -0.4 is 10.6 Å². The van der Waals surface area contributed by atoms with E-state index in [2.05, 4.69) is 0 Å². The lowest BCUT2D eigenvalue weighted by Gasteiger charge is -2.39. The second-order valence-electron chi connectivity index (χ2n) is 5.54. The summed E-state index contributed by atoms with van der Waals surface area (Å²) in [5.41, 5.74) is 6.86. The number of benzene rings is 1. The molecule has 1 saturated carbocycles. The van der Waals surface area contributed by atoms with Crippen molar-refractivity contribution in [3.63, 3.8) is 0 Å². The molecule has 0 aromatic heterocycles. The molecule has 0 bridgehead atoms. The Bertz CT molecular complexity index is 414. The van der Waals surface area contributed by atoms with Crippen LogP contribution in [-0.4, -0.2) is 18.5 Å². The smallest absolute Gasteiger partial charge is 0.231 e. The molecule has 2 N–H and O–H groups in total. The van der Waals surface area contributed by atoms with E-state index in [1.54, 1.807) is 4.90 Å². The molecule has 0 spiro atoms. The average Bonchev–Trinajstić information content (AvgIpc) is 2.37. The Labute approximate surface area is 109 Å². The lowest BCUT2D eigenvalue weighted by molar-refractivity contribution is -0.125. The highest BCUT2D eigenvalue weighted by molar-refractivity contribution is 5.95. The summed E-state index contributed by atoms with van der Waals surface area (Å²) in [6, 6.07) is 9.75. The van der Waals surface area contributed by atoms with Gasteiger partial charge in [0.1, 0.15) is 0 Å². The molecule has 2 unspecified atom stereocenters. The van der Waals surface area contributed by atoms with Gasteiger partial charge in [0, 0.05) is 18.3 Å². The second kappa shape index (κ2) is 5.11. The van der Waals surface area contributed by atoms with E-state index in [0.29, 0.717) is 0 Å². The molecule has 1 fully saturated rings. The van der Waals surface area contributed by atoms with Crippen LogP contribution in [0.4, 0.5) is 5.69 Å². The standard InChI is InChI=1S/C15H22N2O/c1-15(16)11-7-6-10-13(15)14(18)17(2)12-8-4-3-5-9-12/h3-5,8-9,13H,6-7,10-11,16H2,1-2H3. The molecule has 2 atom stereocenters. The molecule has 1 aromatic carbocycles. The summed E-state index contributed by atoms with van der Waals surface area (Å²) >= 11 is 0. The van der Waals surface area contributed by atoms with Crippen LogP contribution in [0.5, 0.6) is 0 Å². The fourth-order valence-electron chi connectivity index (χ4n) is 2.78. The number of carbonyl (C=O) groups is 1. The summed E-state index contributed by atoms with van der Waals surface area (Å²) < 4.78 is 0. The number of para-hydroxylation sites is 1. The van der Waals surface area contributed by atoms with E-state index < -0.39 is 0 Å². The van der Waals surface area contributed by atoms with Crippen molar-refractivity contribution in [3.05, 3.63) is 30.3 Å². The first-order valence-electron chi connectivity index (χ1n) is 6.64. The second-order valence-corrected chi connectivity index (χ2v) is 5.54. The third-order valence-corrected chi connectivity index (χ3v) is 4.03. The van der Waals surface area contributed by atoms with E-state index in [0.717, 1.165) is 31.4 Å². The molecule has 0 heterocycles. The van der Waals surface area contributed by atoms with Crippen molar-refractivity contribution < 1.29 is 4.79 Å². The number of nitrogens with zero attached hydrogens (tertiary/aromatic N) is 1. The van der Waals surface area contributed by atoms with Gasteiger partial charge in [0.05, 0.1) is 5.92 Å².